The Kier molecular flexibility index (Phi) is 4.19. The van der Waals surface area contributed by atoms with E-state index in [0.29, 0.717) is 17.7 Å². The summed E-state index contributed by atoms with van der Waals surface area (Å²) in [4.78, 5) is 0. The van der Waals surface area contributed by atoms with Crippen LogP contribution in [0.3, 0.4) is 0 Å². The molecule has 2 heteroatoms. The van der Waals surface area contributed by atoms with Gasteiger partial charge in [-0.25, -0.2) is 0 Å². The number of hydrogen-bond donors (Lipinski definition) is 1. The zero-order valence-corrected chi connectivity index (χ0v) is 12.8. The molecule has 3 unspecified atom stereocenters. The first-order valence-corrected chi connectivity index (χ1v) is 8.61. The van der Waals surface area contributed by atoms with Gasteiger partial charge in [-0.3, -0.25) is 0 Å². The van der Waals surface area contributed by atoms with Crippen LogP contribution in [0.2, 0.25) is 0 Å². The van der Waals surface area contributed by atoms with Crippen LogP contribution < -0.4 is 5.32 Å². The minimum Gasteiger partial charge on any atom is -0.372 e. The Labute approximate surface area is 118 Å². The molecule has 2 saturated carbocycles. The van der Waals surface area contributed by atoms with E-state index in [9.17, 15) is 0 Å². The van der Waals surface area contributed by atoms with E-state index in [1.165, 1.54) is 64.2 Å². The Hall–Kier alpha value is -0.0800. The molecular formula is C17H31NO. The maximum absolute atomic E-state index is 6.50. The van der Waals surface area contributed by atoms with Crippen LogP contribution in [0.1, 0.15) is 78.1 Å². The van der Waals surface area contributed by atoms with Crippen molar-refractivity contribution in [3.63, 3.8) is 0 Å². The van der Waals surface area contributed by atoms with E-state index in [0.717, 1.165) is 12.0 Å². The monoisotopic (exact) mass is 265 g/mol. The van der Waals surface area contributed by atoms with Crippen molar-refractivity contribution in [2.75, 3.05) is 0 Å². The normalized spacial score (nSPS) is 33.5. The fraction of sp³-hybridized carbons (Fsp3) is 1.00. The molecule has 1 aliphatic heterocycles. The summed E-state index contributed by atoms with van der Waals surface area (Å²) < 4.78 is 6.50. The van der Waals surface area contributed by atoms with Gasteiger partial charge in [0.1, 0.15) is 0 Å². The minimum absolute atomic E-state index is 0.301. The highest BCUT2D eigenvalue weighted by Gasteiger charge is 2.41. The molecular weight excluding hydrogens is 234 g/mol. The third-order valence-electron chi connectivity index (χ3n) is 5.67. The van der Waals surface area contributed by atoms with Gasteiger partial charge in [0.2, 0.25) is 0 Å². The van der Waals surface area contributed by atoms with Crippen molar-refractivity contribution in [2.45, 2.75) is 102 Å². The molecule has 2 aliphatic carbocycles. The van der Waals surface area contributed by atoms with Crippen molar-refractivity contribution >= 4 is 0 Å². The molecule has 110 valence electrons. The Morgan fingerprint density at radius 2 is 1.79 bits per heavy atom. The second-order valence-electron chi connectivity index (χ2n) is 7.46. The molecule has 0 aromatic carbocycles. The average molecular weight is 265 g/mol. The average Bonchev–Trinajstić information content (AvgIpc) is 3.14. The predicted molar refractivity (Wildman–Crippen MR) is 79.3 cm³/mol. The number of ether oxygens (including phenoxy) is 1. The molecule has 19 heavy (non-hydrogen) atoms. The van der Waals surface area contributed by atoms with Gasteiger partial charge in [0.15, 0.2) is 0 Å². The number of hydrogen-bond acceptors (Lipinski definition) is 2. The van der Waals surface area contributed by atoms with Crippen molar-refractivity contribution < 1.29 is 4.74 Å². The fourth-order valence-corrected chi connectivity index (χ4v) is 4.03. The van der Waals surface area contributed by atoms with Gasteiger partial charge in [-0.1, -0.05) is 26.2 Å². The maximum atomic E-state index is 6.50. The van der Waals surface area contributed by atoms with Gasteiger partial charge in [0, 0.05) is 12.1 Å². The van der Waals surface area contributed by atoms with Crippen LogP contribution in [-0.2, 0) is 4.74 Å². The predicted octanol–water partition coefficient (Wildman–Crippen LogP) is 4.04. The SMILES string of the molecule is CC(CC1CCC2(CCCCC2)O1)C(C)NC1CC1. The van der Waals surface area contributed by atoms with Crippen LogP contribution >= 0.6 is 0 Å². The smallest absolute Gasteiger partial charge is 0.0687 e. The van der Waals surface area contributed by atoms with Crippen LogP contribution in [0.15, 0.2) is 0 Å². The van der Waals surface area contributed by atoms with Gasteiger partial charge in [0.25, 0.3) is 0 Å². The van der Waals surface area contributed by atoms with Crippen molar-refractivity contribution in [1.29, 1.82) is 0 Å². The maximum Gasteiger partial charge on any atom is 0.0687 e. The highest BCUT2D eigenvalue weighted by atomic mass is 16.5. The summed E-state index contributed by atoms with van der Waals surface area (Å²) in [6.45, 7) is 4.75. The topological polar surface area (TPSA) is 21.3 Å². The number of nitrogens with one attached hydrogen (secondary N) is 1. The highest BCUT2D eigenvalue weighted by Crippen LogP contribution is 2.43. The molecule has 3 aliphatic rings. The van der Waals surface area contributed by atoms with Crippen molar-refractivity contribution in [1.82, 2.24) is 5.32 Å². The molecule has 3 atom stereocenters. The molecule has 0 radical (unpaired) electrons. The van der Waals surface area contributed by atoms with Gasteiger partial charge in [-0.05, 0) is 57.8 Å². The van der Waals surface area contributed by atoms with E-state index in [-0.39, 0.29) is 0 Å². The molecule has 0 aromatic rings. The standard InChI is InChI=1S/C17H31NO/c1-13(14(2)18-15-6-7-15)12-16-8-11-17(19-16)9-4-3-5-10-17/h13-16,18H,3-12H2,1-2H3. The molecule has 3 fully saturated rings. The van der Waals surface area contributed by atoms with Gasteiger partial charge < -0.3 is 10.1 Å². The van der Waals surface area contributed by atoms with Gasteiger partial charge in [-0.15, -0.1) is 0 Å². The lowest BCUT2D eigenvalue weighted by Gasteiger charge is -2.34. The summed E-state index contributed by atoms with van der Waals surface area (Å²) in [5.74, 6) is 0.740. The van der Waals surface area contributed by atoms with Gasteiger partial charge in [0.05, 0.1) is 11.7 Å². The molecule has 1 saturated heterocycles. The van der Waals surface area contributed by atoms with Gasteiger partial charge in [-0.2, -0.15) is 0 Å². The summed E-state index contributed by atoms with van der Waals surface area (Å²) in [7, 11) is 0. The fourth-order valence-electron chi connectivity index (χ4n) is 4.03. The molecule has 1 spiro atoms. The quantitative estimate of drug-likeness (QED) is 0.810. The molecule has 0 amide bonds. The third kappa shape index (κ3) is 3.52. The molecule has 0 aromatic heterocycles. The first-order chi connectivity index (χ1) is 9.17. The summed E-state index contributed by atoms with van der Waals surface area (Å²) in [6.07, 6.45) is 14.1. The Bertz CT molecular complexity index is 294. The van der Waals surface area contributed by atoms with E-state index in [2.05, 4.69) is 19.2 Å². The van der Waals surface area contributed by atoms with Crippen LogP contribution in [0, 0.1) is 5.92 Å². The van der Waals surface area contributed by atoms with Crippen LogP contribution in [0.5, 0.6) is 0 Å². The third-order valence-corrected chi connectivity index (χ3v) is 5.67. The number of rotatable bonds is 5. The summed E-state index contributed by atoms with van der Waals surface area (Å²) in [6, 6.07) is 1.48. The first-order valence-electron chi connectivity index (χ1n) is 8.61. The van der Waals surface area contributed by atoms with Crippen molar-refractivity contribution in [2.24, 2.45) is 5.92 Å². The first kappa shape index (κ1) is 13.9. The van der Waals surface area contributed by atoms with E-state index in [1.54, 1.807) is 0 Å². The Morgan fingerprint density at radius 1 is 1.05 bits per heavy atom. The summed E-state index contributed by atoms with van der Waals surface area (Å²) >= 11 is 0. The van der Waals surface area contributed by atoms with Crippen molar-refractivity contribution in [3.8, 4) is 0 Å². The lowest BCUT2D eigenvalue weighted by Crippen LogP contribution is -2.36. The summed E-state index contributed by atoms with van der Waals surface area (Å²) in [5.41, 5.74) is 0.301. The largest absolute Gasteiger partial charge is 0.372 e. The molecule has 0 bridgehead atoms. The second kappa shape index (κ2) is 5.73. The van der Waals surface area contributed by atoms with Gasteiger partial charge >= 0.3 is 0 Å². The van der Waals surface area contributed by atoms with E-state index in [1.807, 2.05) is 0 Å². The second-order valence-corrected chi connectivity index (χ2v) is 7.46. The van der Waals surface area contributed by atoms with E-state index < -0.39 is 0 Å². The Morgan fingerprint density at radius 3 is 2.47 bits per heavy atom. The zero-order valence-electron chi connectivity index (χ0n) is 12.8. The van der Waals surface area contributed by atoms with E-state index >= 15 is 0 Å². The van der Waals surface area contributed by atoms with Crippen molar-refractivity contribution in [3.05, 3.63) is 0 Å². The summed E-state index contributed by atoms with van der Waals surface area (Å²) in [5, 5.41) is 3.74. The van der Waals surface area contributed by atoms with Crippen LogP contribution in [0.25, 0.3) is 0 Å². The molecule has 1 N–H and O–H groups in total. The lowest BCUT2D eigenvalue weighted by atomic mass is 9.83. The Balaban J connectivity index is 1.45. The van der Waals surface area contributed by atoms with Crippen LogP contribution in [0.4, 0.5) is 0 Å². The molecule has 3 rings (SSSR count). The zero-order chi connectivity index (χ0) is 13.3. The molecule has 1 heterocycles. The van der Waals surface area contributed by atoms with Crippen LogP contribution in [-0.4, -0.2) is 23.8 Å². The van der Waals surface area contributed by atoms with E-state index in [4.69, 9.17) is 4.74 Å². The minimum atomic E-state index is 0.301. The highest BCUT2D eigenvalue weighted by molar-refractivity contribution is 4.92. The lowest BCUT2D eigenvalue weighted by molar-refractivity contribution is -0.0702. The molecule has 2 nitrogen and oxygen atoms in total.